The largest absolute Gasteiger partial charge is 0.496 e. The van der Waals surface area contributed by atoms with Crippen molar-refractivity contribution in [3.05, 3.63) is 17.7 Å². The van der Waals surface area contributed by atoms with Crippen LogP contribution < -0.4 is 15.2 Å². The first-order chi connectivity index (χ1) is 8.13. The fourth-order valence-electron chi connectivity index (χ4n) is 1.57. The molecule has 0 saturated heterocycles. The zero-order valence-corrected chi connectivity index (χ0v) is 11.8. The summed E-state index contributed by atoms with van der Waals surface area (Å²) < 4.78 is 10.8. The Hall–Kier alpha value is -0.870. The quantitative estimate of drug-likeness (QED) is 0.793. The molecule has 0 aliphatic rings. The van der Waals surface area contributed by atoms with Crippen molar-refractivity contribution >= 4 is 11.8 Å². The summed E-state index contributed by atoms with van der Waals surface area (Å²) >= 11 is 1.78. The monoisotopic (exact) mass is 255 g/mol. The molecule has 96 valence electrons. The van der Waals surface area contributed by atoms with Gasteiger partial charge in [0.05, 0.1) is 19.1 Å². The molecular formula is C13H21NO2S. The smallest absolute Gasteiger partial charge is 0.133 e. The van der Waals surface area contributed by atoms with Crippen molar-refractivity contribution in [3.8, 4) is 11.5 Å². The van der Waals surface area contributed by atoms with Crippen molar-refractivity contribution in [3.63, 3.8) is 0 Å². The van der Waals surface area contributed by atoms with E-state index in [2.05, 4.69) is 6.92 Å². The van der Waals surface area contributed by atoms with E-state index in [1.165, 1.54) is 0 Å². The topological polar surface area (TPSA) is 44.5 Å². The van der Waals surface area contributed by atoms with E-state index < -0.39 is 0 Å². The van der Waals surface area contributed by atoms with E-state index in [4.69, 9.17) is 15.2 Å². The molecular weight excluding hydrogens is 234 g/mol. The van der Waals surface area contributed by atoms with Gasteiger partial charge in [0.25, 0.3) is 0 Å². The summed E-state index contributed by atoms with van der Waals surface area (Å²) in [6.07, 6.45) is 1.13. The van der Waals surface area contributed by atoms with Crippen molar-refractivity contribution in [2.75, 3.05) is 20.0 Å². The molecule has 2 N–H and O–H groups in total. The Balaban J connectivity index is 3.13. The Bertz CT molecular complexity index is 367. The van der Waals surface area contributed by atoms with Gasteiger partial charge in [-0.25, -0.2) is 0 Å². The number of hydrogen-bond donors (Lipinski definition) is 1. The van der Waals surface area contributed by atoms with Crippen molar-refractivity contribution in [2.45, 2.75) is 31.2 Å². The molecule has 1 aromatic rings. The SMILES string of the molecule is CCCSc1cc(OC)c([C@H](C)N)cc1OC. The minimum absolute atomic E-state index is 0.0657. The lowest BCUT2D eigenvalue weighted by Crippen LogP contribution is -2.07. The summed E-state index contributed by atoms with van der Waals surface area (Å²) in [5, 5.41) is 0. The zero-order chi connectivity index (χ0) is 12.8. The molecule has 1 atom stereocenters. The van der Waals surface area contributed by atoms with E-state index in [1.807, 2.05) is 19.1 Å². The molecule has 4 heteroatoms. The highest BCUT2D eigenvalue weighted by atomic mass is 32.2. The lowest BCUT2D eigenvalue weighted by molar-refractivity contribution is 0.388. The second kappa shape index (κ2) is 6.77. The first kappa shape index (κ1) is 14.2. The van der Waals surface area contributed by atoms with Gasteiger partial charge in [-0.2, -0.15) is 0 Å². The highest BCUT2D eigenvalue weighted by Crippen LogP contribution is 2.37. The van der Waals surface area contributed by atoms with Crippen molar-refractivity contribution in [2.24, 2.45) is 5.73 Å². The van der Waals surface area contributed by atoms with Crippen LogP contribution >= 0.6 is 11.8 Å². The molecule has 0 saturated carbocycles. The molecule has 0 aromatic heterocycles. The zero-order valence-electron chi connectivity index (χ0n) is 10.9. The van der Waals surface area contributed by atoms with Gasteiger partial charge in [0.15, 0.2) is 0 Å². The van der Waals surface area contributed by atoms with Crippen molar-refractivity contribution in [1.82, 2.24) is 0 Å². The molecule has 3 nitrogen and oxygen atoms in total. The third-order valence-corrected chi connectivity index (χ3v) is 3.71. The first-order valence-electron chi connectivity index (χ1n) is 5.78. The highest BCUT2D eigenvalue weighted by molar-refractivity contribution is 7.99. The minimum atomic E-state index is -0.0657. The predicted molar refractivity (Wildman–Crippen MR) is 73.2 cm³/mol. The maximum absolute atomic E-state index is 5.92. The summed E-state index contributed by atoms with van der Waals surface area (Å²) in [6.45, 7) is 4.10. The van der Waals surface area contributed by atoms with Crippen LogP contribution in [0.5, 0.6) is 11.5 Å². The molecule has 0 amide bonds. The molecule has 0 spiro atoms. The van der Waals surface area contributed by atoms with Gasteiger partial charge in [-0.3, -0.25) is 0 Å². The fraction of sp³-hybridized carbons (Fsp3) is 0.538. The standard InChI is InChI=1S/C13H21NO2S/c1-5-6-17-13-8-11(15-3)10(9(2)14)7-12(13)16-4/h7-9H,5-6,14H2,1-4H3/t9-/m0/s1. The van der Waals surface area contributed by atoms with Crippen LogP contribution in [0.15, 0.2) is 17.0 Å². The summed E-state index contributed by atoms with van der Waals surface area (Å²) in [5.74, 6) is 2.77. The third-order valence-electron chi connectivity index (χ3n) is 2.47. The van der Waals surface area contributed by atoms with E-state index in [0.717, 1.165) is 34.1 Å². The molecule has 0 heterocycles. The lowest BCUT2D eigenvalue weighted by atomic mass is 10.1. The van der Waals surface area contributed by atoms with Crippen LogP contribution in [-0.4, -0.2) is 20.0 Å². The van der Waals surface area contributed by atoms with Gasteiger partial charge in [0, 0.05) is 11.6 Å². The molecule has 0 fully saturated rings. The molecule has 0 unspecified atom stereocenters. The Kier molecular flexibility index (Phi) is 5.65. The van der Waals surface area contributed by atoms with Crippen LogP contribution in [0.4, 0.5) is 0 Å². The van der Waals surface area contributed by atoms with Gasteiger partial charge in [0.2, 0.25) is 0 Å². The average Bonchev–Trinajstić information content (AvgIpc) is 2.34. The number of methoxy groups -OCH3 is 2. The van der Waals surface area contributed by atoms with Crippen LogP contribution in [0.25, 0.3) is 0 Å². The van der Waals surface area contributed by atoms with E-state index in [0.29, 0.717) is 0 Å². The van der Waals surface area contributed by atoms with E-state index in [-0.39, 0.29) is 6.04 Å². The summed E-state index contributed by atoms with van der Waals surface area (Å²) in [5.41, 5.74) is 6.90. The van der Waals surface area contributed by atoms with Gasteiger partial charge >= 0.3 is 0 Å². The van der Waals surface area contributed by atoms with Crippen LogP contribution in [-0.2, 0) is 0 Å². The second-order valence-corrected chi connectivity index (χ2v) is 5.02. The number of benzene rings is 1. The molecule has 0 aliphatic carbocycles. The Morgan fingerprint density at radius 1 is 1.24 bits per heavy atom. The molecule has 1 aromatic carbocycles. The Morgan fingerprint density at radius 2 is 1.88 bits per heavy atom. The van der Waals surface area contributed by atoms with Crippen LogP contribution in [0.1, 0.15) is 31.9 Å². The molecule has 0 bridgehead atoms. The number of ether oxygens (including phenoxy) is 2. The van der Waals surface area contributed by atoms with Gasteiger partial charge in [-0.1, -0.05) is 6.92 Å². The number of rotatable bonds is 6. The van der Waals surface area contributed by atoms with Gasteiger partial charge in [-0.05, 0) is 31.2 Å². The highest BCUT2D eigenvalue weighted by Gasteiger charge is 2.13. The molecule has 17 heavy (non-hydrogen) atoms. The van der Waals surface area contributed by atoms with Crippen LogP contribution in [0.2, 0.25) is 0 Å². The maximum atomic E-state index is 5.92. The van der Waals surface area contributed by atoms with Gasteiger partial charge in [-0.15, -0.1) is 11.8 Å². The third kappa shape index (κ3) is 3.54. The van der Waals surface area contributed by atoms with E-state index in [9.17, 15) is 0 Å². The van der Waals surface area contributed by atoms with Crippen molar-refractivity contribution in [1.29, 1.82) is 0 Å². The minimum Gasteiger partial charge on any atom is -0.496 e. The predicted octanol–water partition coefficient (Wildman–Crippen LogP) is 3.23. The van der Waals surface area contributed by atoms with E-state index >= 15 is 0 Å². The summed E-state index contributed by atoms with van der Waals surface area (Å²) in [6, 6.07) is 3.92. The van der Waals surface area contributed by atoms with Crippen molar-refractivity contribution < 1.29 is 9.47 Å². The normalized spacial score (nSPS) is 12.3. The average molecular weight is 255 g/mol. The molecule has 1 rings (SSSR count). The summed E-state index contributed by atoms with van der Waals surface area (Å²) in [7, 11) is 3.35. The second-order valence-electron chi connectivity index (χ2n) is 3.88. The first-order valence-corrected chi connectivity index (χ1v) is 6.76. The maximum Gasteiger partial charge on any atom is 0.133 e. The fourth-order valence-corrected chi connectivity index (χ4v) is 2.47. The summed E-state index contributed by atoms with van der Waals surface area (Å²) in [4.78, 5) is 1.11. The van der Waals surface area contributed by atoms with Gasteiger partial charge in [0.1, 0.15) is 11.5 Å². The Labute approximate surface area is 108 Å². The number of thioether (sulfide) groups is 1. The molecule has 0 radical (unpaired) electrons. The Morgan fingerprint density at radius 3 is 2.35 bits per heavy atom. The van der Waals surface area contributed by atoms with Crippen LogP contribution in [0.3, 0.4) is 0 Å². The van der Waals surface area contributed by atoms with Crippen LogP contribution in [0, 0.1) is 0 Å². The van der Waals surface area contributed by atoms with Gasteiger partial charge < -0.3 is 15.2 Å². The molecule has 0 aliphatic heterocycles. The van der Waals surface area contributed by atoms with E-state index in [1.54, 1.807) is 26.0 Å². The number of nitrogens with two attached hydrogens (primary N) is 1. The number of hydrogen-bond acceptors (Lipinski definition) is 4. The lowest BCUT2D eigenvalue weighted by Gasteiger charge is -2.16.